The average Bonchev–Trinajstić information content (AvgIpc) is 2.94. The van der Waals surface area contributed by atoms with E-state index in [0.29, 0.717) is 24.0 Å². The Kier molecular flexibility index (Phi) is 2.96. The lowest BCUT2D eigenvalue weighted by Gasteiger charge is -2.20. The van der Waals surface area contributed by atoms with Crippen LogP contribution in [0.3, 0.4) is 0 Å². The maximum Gasteiger partial charge on any atom is 0.140 e. The van der Waals surface area contributed by atoms with Gasteiger partial charge in [-0.1, -0.05) is 36.2 Å². The highest BCUT2D eigenvalue weighted by molar-refractivity contribution is 6.31. The van der Waals surface area contributed by atoms with E-state index in [2.05, 4.69) is 0 Å². The monoisotopic (exact) mass is 248 g/mol. The molecule has 0 radical (unpaired) electrons. The lowest BCUT2D eigenvalue weighted by molar-refractivity contribution is -0.123. The standard InChI is InChI=1S/C15H17ClO/c16-14-4-2-1-3-12(14)9-15(17)13-8-10-5-6-11(13)7-10/h1-4,10-11,13H,5-9H2. The number of ketones is 1. The van der Waals surface area contributed by atoms with Gasteiger partial charge in [0.05, 0.1) is 0 Å². The minimum absolute atomic E-state index is 0.324. The van der Waals surface area contributed by atoms with Crippen molar-refractivity contribution in [2.45, 2.75) is 32.1 Å². The van der Waals surface area contributed by atoms with Gasteiger partial charge in [-0.2, -0.15) is 0 Å². The molecule has 1 nitrogen and oxygen atoms in total. The predicted octanol–water partition coefficient (Wildman–Crippen LogP) is 3.89. The largest absolute Gasteiger partial charge is 0.299 e. The molecule has 0 heterocycles. The van der Waals surface area contributed by atoms with Gasteiger partial charge >= 0.3 is 0 Å². The lowest BCUT2D eigenvalue weighted by atomic mass is 9.83. The molecule has 0 aromatic heterocycles. The third-order valence-corrected chi connectivity index (χ3v) is 4.84. The van der Waals surface area contributed by atoms with Gasteiger partial charge in [-0.25, -0.2) is 0 Å². The second-order valence-electron chi connectivity index (χ2n) is 5.52. The van der Waals surface area contributed by atoms with Crippen molar-refractivity contribution >= 4 is 17.4 Å². The van der Waals surface area contributed by atoms with Gasteiger partial charge < -0.3 is 0 Å². The Morgan fingerprint density at radius 3 is 2.71 bits per heavy atom. The van der Waals surface area contributed by atoms with Crippen LogP contribution in [0, 0.1) is 17.8 Å². The molecule has 3 unspecified atom stereocenters. The van der Waals surface area contributed by atoms with Gasteiger partial charge in [-0.3, -0.25) is 4.79 Å². The Balaban J connectivity index is 1.70. The summed E-state index contributed by atoms with van der Waals surface area (Å²) in [5.41, 5.74) is 0.988. The smallest absolute Gasteiger partial charge is 0.140 e. The minimum Gasteiger partial charge on any atom is -0.299 e. The van der Waals surface area contributed by atoms with Crippen LogP contribution in [-0.4, -0.2) is 5.78 Å². The first kappa shape index (κ1) is 11.3. The summed E-state index contributed by atoms with van der Waals surface area (Å²) in [6, 6.07) is 7.70. The highest BCUT2D eigenvalue weighted by Gasteiger charge is 2.42. The van der Waals surface area contributed by atoms with Gasteiger partial charge in [-0.05, 0) is 42.7 Å². The Hall–Kier alpha value is -0.820. The van der Waals surface area contributed by atoms with E-state index in [4.69, 9.17) is 11.6 Å². The number of benzene rings is 1. The molecule has 2 fully saturated rings. The molecular weight excluding hydrogens is 232 g/mol. The van der Waals surface area contributed by atoms with Gasteiger partial charge in [0.15, 0.2) is 0 Å². The summed E-state index contributed by atoms with van der Waals surface area (Å²) in [6.45, 7) is 0. The Morgan fingerprint density at radius 2 is 2.06 bits per heavy atom. The zero-order valence-electron chi connectivity index (χ0n) is 9.86. The van der Waals surface area contributed by atoms with Crippen molar-refractivity contribution in [2.24, 2.45) is 17.8 Å². The molecule has 2 saturated carbocycles. The van der Waals surface area contributed by atoms with E-state index < -0.39 is 0 Å². The maximum atomic E-state index is 12.3. The summed E-state index contributed by atoms with van der Waals surface area (Å²) < 4.78 is 0. The van der Waals surface area contributed by atoms with Crippen LogP contribution in [0.1, 0.15) is 31.2 Å². The van der Waals surface area contributed by atoms with Crippen LogP contribution < -0.4 is 0 Å². The molecule has 0 amide bonds. The van der Waals surface area contributed by atoms with E-state index in [1.807, 2.05) is 24.3 Å². The maximum absolute atomic E-state index is 12.3. The van der Waals surface area contributed by atoms with Crippen molar-refractivity contribution in [1.82, 2.24) is 0 Å². The van der Waals surface area contributed by atoms with Crippen LogP contribution in [-0.2, 0) is 11.2 Å². The van der Waals surface area contributed by atoms with Gasteiger partial charge in [0, 0.05) is 17.4 Å². The Morgan fingerprint density at radius 1 is 1.24 bits per heavy atom. The Bertz CT molecular complexity index is 440. The number of hydrogen-bond acceptors (Lipinski definition) is 1. The SMILES string of the molecule is O=C(Cc1ccccc1Cl)C1CC2CCC1C2. The van der Waals surface area contributed by atoms with Crippen LogP contribution >= 0.6 is 11.6 Å². The quantitative estimate of drug-likeness (QED) is 0.793. The summed E-state index contributed by atoms with van der Waals surface area (Å²) in [4.78, 5) is 12.3. The average molecular weight is 249 g/mol. The molecule has 0 spiro atoms. The fourth-order valence-corrected chi connectivity index (χ4v) is 3.80. The first-order chi connectivity index (χ1) is 8.24. The normalized spacial score (nSPS) is 30.8. The number of Topliss-reactive ketones (excluding diaryl/α,β-unsaturated/α-hetero) is 1. The molecule has 17 heavy (non-hydrogen) atoms. The third-order valence-electron chi connectivity index (χ3n) is 4.47. The minimum atomic E-state index is 0.324. The van der Waals surface area contributed by atoms with E-state index in [1.165, 1.54) is 19.3 Å². The number of carbonyl (C=O) groups is 1. The molecule has 2 bridgehead atoms. The van der Waals surface area contributed by atoms with E-state index in [0.717, 1.165) is 22.9 Å². The number of hydrogen-bond donors (Lipinski definition) is 0. The second kappa shape index (κ2) is 4.45. The first-order valence-corrected chi connectivity index (χ1v) is 6.88. The fraction of sp³-hybridized carbons (Fsp3) is 0.533. The van der Waals surface area contributed by atoms with Crippen molar-refractivity contribution in [3.8, 4) is 0 Å². The molecule has 1 aromatic carbocycles. The van der Waals surface area contributed by atoms with E-state index in [1.54, 1.807) is 0 Å². The molecule has 2 aliphatic carbocycles. The highest BCUT2D eigenvalue weighted by Crippen LogP contribution is 2.48. The molecule has 1 aromatic rings. The van der Waals surface area contributed by atoms with Crippen LogP contribution in [0.15, 0.2) is 24.3 Å². The molecule has 0 saturated heterocycles. The van der Waals surface area contributed by atoms with Crippen LogP contribution in [0.25, 0.3) is 0 Å². The third kappa shape index (κ3) is 2.13. The number of fused-ring (bicyclic) bond motifs is 2. The summed E-state index contributed by atoms with van der Waals surface area (Å²) in [6.07, 6.45) is 5.56. The molecular formula is C15H17ClO. The summed E-state index contributed by atoms with van der Waals surface area (Å²) in [7, 11) is 0. The van der Waals surface area contributed by atoms with Crippen molar-refractivity contribution in [1.29, 1.82) is 0 Å². The molecule has 90 valence electrons. The van der Waals surface area contributed by atoms with Gasteiger partial charge in [0.1, 0.15) is 5.78 Å². The van der Waals surface area contributed by atoms with Crippen molar-refractivity contribution in [3.63, 3.8) is 0 Å². The molecule has 3 rings (SSSR count). The van der Waals surface area contributed by atoms with Crippen LogP contribution in [0.2, 0.25) is 5.02 Å². The summed E-state index contributed by atoms with van der Waals surface area (Å²) in [5, 5.41) is 0.726. The summed E-state index contributed by atoms with van der Waals surface area (Å²) in [5.74, 6) is 2.24. The molecule has 2 aliphatic rings. The molecule has 0 N–H and O–H groups in total. The van der Waals surface area contributed by atoms with Crippen molar-refractivity contribution < 1.29 is 4.79 Å². The molecule has 3 atom stereocenters. The van der Waals surface area contributed by atoms with Gasteiger partial charge in [0.25, 0.3) is 0 Å². The van der Waals surface area contributed by atoms with Crippen molar-refractivity contribution in [2.75, 3.05) is 0 Å². The molecule has 0 aliphatic heterocycles. The second-order valence-corrected chi connectivity index (χ2v) is 5.92. The van der Waals surface area contributed by atoms with E-state index >= 15 is 0 Å². The van der Waals surface area contributed by atoms with Crippen LogP contribution in [0.4, 0.5) is 0 Å². The molecule has 2 heteroatoms. The van der Waals surface area contributed by atoms with Crippen molar-refractivity contribution in [3.05, 3.63) is 34.9 Å². The predicted molar refractivity (Wildman–Crippen MR) is 69.1 cm³/mol. The topological polar surface area (TPSA) is 17.1 Å². The van der Waals surface area contributed by atoms with Gasteiger partial charge in [-0.15, -0.1) is 0 Å². The highest BCUT2D eigenvalue weighted by atomic mass is 35.5. The number of rotatable bonds is 3. The zero-order valence-corrected chi connectivity index (χ0v) is 10.6. The summed E-state index contributed by atoms with van der Waals surface area (Å²) >= 11 is 6.10. The van der Waals surface area contributed by atoms with Crippen LogP contribution in [0.5, 0.6) is 0 Å². The zero-order chi connectivity index (χ0) is 11.8. The van der Waals surface area contributed by atoms with E-state index in [9.17, 15) is 4.79 Å². The number of halogens is 1. The van der Waals surface area contributed by atoms with E-state index in [-0.39, 0.29) is 0 Å². The lowest BCUT2D eigenvalue weighted by Crippen LogP contribution is -2.22. The number of carbonyl (C=O) groups excluding carboxylic acids is 1. The first-order valence-electron chi connectivity index (χ1n) is 6.50. The van der Waals surface area contributed by atoms with Gasteiger partial charge in [0.2, 0.25) is 0 Å². The Labute approximate surface area is 107 Å². The fourth-order valence-electron chi connectivity index (χ4n) is 3.60.